The van der Waals surface area contributed by atoms with Gasteiger partial charge in [-0.1, -0.05) is 23.7 Å². The summed E-state index contributed by atoms with van der Waals surface area (Å²) in [6.07, 6.45) is 1.36. The lowest BCUT2D eigenvalue weighted by Gasteiger charge is -2.31. The second-order valence-electron chi connectivity index (χ2n) is 8.11. The molecule has 0 aliphatic carbocycles. The minimum Gasteiger partial charge on any atom is -0.493 e. The number of aromatic nitrogens is 1. The van der Waals surface area contributed by atoms with Crippen molar-refractivity contribution < 1.29 is 23.5 Å². The first-order chi connectivity index (χ1) is 16.9. The highest BCUT2D eigenvalue weighted by atomic mass is 35.5. The zero-order valence-corrected chi connectivity index (χ0v) is 20.9. The van der Waals surface area contributed by atoms with E-state index < -0.39 is 11.7 Å². The summed E-state index contributed by atoms with van der Waals surface area (Å²) in [5.41, 5.74) is 1.15. The third kappa shape index (κ3) is 5.57. The third-order valence-electron chi connectivity index (χ3n) is 5.96. The standard InChI is InChI=1S/C25H25ClFN3O4S/c1-33-20-7-6-15(12-21(20)34-2)13-28-23(31)19-14-35-24(29-19)16-8-10-30(11-9-16)25(32)22-17(26)4-3-5-18(22)27/h3-7,12,14,16H,8-11,13H2,1-2H3,(H,28,31). The van der Waals surface area contributed by atoms with Gasteiger partial charge in [-0.25, -0.2) is 9.37 Å². The topological polar surface area (TPSA) is 80.8 Å². The molecule has 10 heteroatoms. The van der Waals surface area contributed by atoms with Crippen molar-refractivity contribution in [3.63, 3.8) is 0 Å². The third-order valence-corrected chi connectivity index (χ3v) is 7.29. The summed E-state index contributed by atoms with van der Waals surface area (Å²) in [6, 6.07) is 9.69. The van der Waals surface area contributed by atoms with E-state index in [0.717, 1.165) is 10.6 Å². The molecule has 1 saturated heterocycles. The molecule has 0 radical (unpaired) electrons. The van der Waals surface area contributed by atoms with Gasteiger partial charge in [-0.05, 0) is 42.7 Å². The van der Waals surface area contributed by atoms with Gasteiger partial charge >= 0.3 is 0 Å². The fourth-order valence-corrected chi connectivity index (χ4v) is 5.25. The Bertz CT molecular complexity index is 1210. The molecule has 0 bridgehead atoms. The Balaban J connectivity index is 1.33. The molecule has 0 saturated carbocycles. The Morgan fingerprint density at radius 1 is 1.17 bits per heavy atom. The number of hydrogen-bond donors (Lipinski definition) is 1. The van der Waals surface area contributed by atoms with Gasteiger partial charge < -0.3 is 19.7 Å². The van der Waals surface area contributed by atoms with Crippen LogP contribution in [0.25, 0.3) is 0 Å². The van der Waals surface area contributed by atoms with Gasteiger partial charge in [0.25, 0.3) is 11.8 Å². The number of thiazole rings is 1. The fraction of sp³-hybridized carbons (Fsp3) is 0.320. The van der Waals surface area contributed by atoms with Crippen molar-refractivity contribution in [2.75, 3.05) is 27.3 Å². The van der Waals surface area contributed by atoms with Crippen LogP contribution in [0.3, 0.4) is 0 Å². The van der Waals surface area contributed by atoms with Gasteiger partial charge in [0.15, 0.2) is 11.5 Å². The maximum Gasteiger partial charge on any atom is 0.271 e. The predicted molar refractivity (Wildman–Crippen MR) is 132 cm³/mol. The van der Waals surface area contributed by atoms with Gasteiger partial charge in [0.2, 0.25) is 0 Å². The Kier molecular flexibility index (Phi) is 7.87. The molecule has 2 amide bonds. The molecule has 0 spiro atoms. The molecule has 184 valence electrons. The Labute approximate surface area is 211 Å². The summed E-state index contributed by atoms with van der Waals surface area (Å²) >= 11 is 7.48. The molecular formula is C25H25ClFN3O4S. The molecule has 0 unspecified atom stereocenters. The summed E-state index contributed by atoms with van der Waals surface area (Å²) in [4.78, 5) is 31.6. The number of rotatable bonds is 7. The SMILES string of the molecule is COc1ccc(CNC(=O)c2csc(C3CCN(C(=O)c4c(F)cccc4Cl)CC3)n2)cc1OC. The minimum atomic E-state index is -0.617. The molecular weight excluding hydrogens is 493 g/mol. The number of carbonyl (C=O) groups is 2. The normalized spacial score (nSPS) is 14.0. The smallest absolute Gasteiger partial charge is 0.271 e. The van der Waals surface area contributed by atoms with E-state index in [0.29, 0.717) is 49.7 Å². The zero-order valence-electron chi connectivity index (χ0n) is 19.3. The molecule has 2 heterocycles. The summed E-state index contributed by atoms with van der Waals surface area (Å²) < 4.78 is 24.7. The van der Waals surface area contributed by atoms with Crippen LogP contribution in [0.15, 0.2) is 41.8 Å². The number of piperidine rings is 1. The number of benzene rings is 2. The van der Waals surface area contributed by atoms with Crippen LogP contribution in [0.2, 0.25) is 5.02 Å². The fourth-order valence-electron chi connectivity index (χ4n) is 4.03. The number of nitrogens with zero attached hydrogens (tertiary/aromatic N) is 2. The first-order valence-electron chi connectivity index (χ1n) is 11.1. The molecule has 1 aromatic heterocycles. The average Bonchev–Trinajstić information content (AvgIpc) is 3.37. The molecule has 7 nitrogen and oxygen atoms in total. The van der Waals surface area contributed by atoms with Gasteiger partial charge in [0.1, 0.15) is 11.5 Å². The van der Waals surface area contributed by atoms with Gasteiger partial charge in [-0.3, -0.25) is 9.59 Å². The number of nitrogens with one attached hydrogen (secondary N) is 1. The van der Waals surface area contributed by atoms with Crippen LogP contribution >= 0.6 is 22.9 Å². The molecule has 35 heavy (non-hydrogen) atoms. The first-order valence-corrected chi connectivity index (χ1v) is 12.3. The Hall–Kier alpha value is -3.17. The molecule has 0 atom stereocenters. The van der Waals surface area contributed by atoms with E-state index in [1.54, 1.807) is 30.6 Å². The monoisotopic (exact) mass is 517 g/mol. The van der Waals surface area contributed by atoms with Crippen molar-refractivity contribution in [3.8, 4) is 11.5 Å². The van der Waals surface area contributed by atoms with E-state index in [2.05, 4.69) is 10.3 Å². The Morgan fingerprint density at radius 3 is 2.60 bits per heavy atom. The summed E-state index contributed by atoms with van der Waals surface area (Å²) in [6.45, 7) is 1.26. The van der Waals surface area contributed by atoms with Crippen LogP contribution in [-0.2, 0) is 6.54 Å². The molecule has 1 aliphatic rings. The van der Waals surface area contributed by atoms with Crippen molar-refractivity contribution in [3.05, 3.63) is 74.4 Å². The zero-order chi connectivity index (χ0) is 24.9. The lowest BCUT2D eigenvalue weighted by Crippen LogP contribution is -2.38. The number of hydrogen-bond acceptors (Lipinski definition) is 6. The number of ether oxygens (including phenoxy) is 2. The highest BCUT2D eigenvalue weighted by Crippen LogP contribution is 2.32. The van der Waals surface area contributed by atoms with E-state index in [-0.39, 0.29) is 22.4 Å². The molecule has 1 fully saturated rings. The second kappa shape index (κ2) is 11.0. The number of amides is 2. The highest BCUT2D eigenvalue weighted by Gasteiger charge is 2.29. The average molecular weight is 518 g/mol. The van der Waals surface area contributed by atoms with Gasteiger partial charge in [-0.15, -0.1) is 11.3 Å². The molecule has 4 rings (SSSR count). The summed E-state index contributed by atoms with van der Waals surface area (Å²) in [7, 11) is 3.13. The molecule has 3 aromatic rings. The van der Waals surface area contributed by atoms with Crippen LogP contribution < -0.4 is 14.8 Å². The predicted octanol–water partition coefficient (Wildman–Crippen LogP) is 4.90. The van der Waals surface area contributed by atoms with Crippen molar-refractivity contribution in [2.45, 2.75) is 25.3 Å². The van der Waals surface area contributed by atoms with Gasteiger partial charge in [-0.2, -0.15) is 0 Å². The summed E-state index contributed by atoms with van der Waals surface area (Å²) in [5, 5.41) is 5.60. The van der Waals surface area contributed by atoms with Crippen LogP contribution in [0.4, 0.5) is 4.39 Å². The van der Waals surface area contributed by atoms with Gasteiger partial charge in [0, 0.05) is 30.9 Å². The molecule has 1 aliphatic heterocycles. The number of carbonyl (C=O) groups excluding carboxylic acids is 2. The van der Waals surface area contributed by atoms with Crippen LogP contribution in [0.5, 0.6) is 11.5 Å². The van der Waals surface area contributed by atoms with E-state index in [1.807, 2.05) is 12.1 Å². The minimum absolute atomic E-state index is 0.0877. The van der Waals surface area contributed by atoms with E-state index in [1.165, 1.54) is 29.5 Å². The van der Waals surface area contributed by atoms with Crippen molar-refractivity contribution in [1.82, 2.24) is 15.2 Å². The van der Waals surface area contributed by atoms with E-state index in [9.17, 15) is 14.0 Å². The lowest BCUT2D eigenvalue weighted by molar-refractivity contribution is 0.0708. The van der Waals surface area contributed by atoms with Crippen molar-refractivity contribution in [1.29, 1.82) is 0 Å². The highest BCUT2D eigenvalue weighted by molar-refractivity contribution is 7.09. The number of likely N-dealkylation sites (tertiary alicyclic amines) is 1. The number of halogens is 2. The summed E-state index contributed by atoms with van der Waals surface area (Å²) in [5.74, 6) is 0.0691. The van der Waals surface area contributed by atoms with E-state index in [4.69, 9.17) is 21.1 Å². The van der Waals surface area contributed by atoms with Crippen LogP contribution in [-0.4, -0.2) is 49.0 Å². The maximum atomic E-state index is 14.1. The Morgan fingerprint density at radius 2 is 1.91 bits per heavy atom. The van der Waals surface area contributed by atoms with E-state index >= 15 is 0 Å². The molecule has 1 N–H and O–H groups in total. The molecule has 2 aromatic carbocycles. The quantitative estimate of drug-likeness (QED) is 0.482. The lowest BCUT2D eigenvalue weighted by atomic mass is 9.97. The first kappa shape index (κ1) is 24.9. The second-order valence-corrected chi connectivity index (χ2v) is 9.40. The maximum absolute atomic E-state index is 14.1. The van der Waals surface area contributed by atoms with Crippen molar-refractivity contribution >= 4 is 34.8 Å². The largest absolute Gasteiger partial charge is 0.493 e. The van der Waals surface area contributed by atoms with Crippen LogP contribution in [0.1, 0.15) is 50.2 Å². The van der Waals surface area contributed by atoms with Crippen molar-refractivity contribution in [2.24, 2.45) is 0 Å². The van der Waals surface area contributed by atoms with Crippen LogP contribution in [0, 0.1) is 5.82 Å². The number of methoxy groups -OCH3 is 2. The van der Waals surface area contributed by atoms with Gasteiger partial charge in [0.05, 0.1) is 29.8 Å².